The molecule has 4 rings (SSSR count). The fourth-order valence-electron chi connectivity index (χ4n) is 4.95. The first-order valence-electron chi connectivity index (χ1n) is 14.3. The van der Waals surface area contributed by atoms with Crippen molar-refractivity contribution in [1.29, 1.82) is 0 Å². The van der Waals surface area contributed by atoms with Gasteiger partial charge < -0.3 is 25.2 Å². The van der Waals surface area contributed by atoms with E-state index >= 15 is 0 Å². The number of carboxylic acids is 1. The van der Waals surface area contributed by atoms with Crippen molar-refractivity contribution < 1.29 is 29.3 Å². The number of aliphatic hydroxyl groups excluding tert-OH is 1. The number of amides is 2. The van der Waals surface area contributed by atoms with Crippen molar-refractivity contribution in [3.05, 3.63) is 125 Å². The molecule has 43 heavy (non-hydrogen) atoms. The van der Waals surface area contributed by atoms with E-state index in [1.807, 2.05) is 61.5 Å². The van der Waals surface area contributed by atoms with Gasteiger partial charge in [-0.15, -0.1) is 0 Å². The molecule has 4 aromatic rings. The highest BCUT2D eigenvalue weighted by atomic mass is 16.5. The fourth-order valence-corrected chi connectivity index (χ4v) is 4.95. The Morgan fingerprint density at radius 2 is 1.40 bits per heavy atom. The summed E-state index contributed by atoms with van der Waals surface area (Å²) in [5.41, 5.74) is 3.49. The van der Waals surface area contributed by atoms with Crippen LogP contribution in [0.4, 0.5) is 0 Å². The smallest absolute Gasteiger partial charge is 0.305 e. The van der Waals surface area contributed by atoms with Crippen LogP contribution in [-0.4, -0.2) is 59.2 Å². The number of hydrogen-bond donors (Lipinski definition) is 3. The van der Waals surface area contributed by atoms with Gasteiger partial charge in [-0.1, -0.05) is 84.9 Å². The quantitative estimate of drug-likeness (QED) is 0.185. The van der Waals surface area contributed by atoms with Gasteiger partial charge in [0, 0.05) is 24.2 Å². The van der Waals surface area contributed by atoms with Crippen LogP contribution >= 0.6 is 0 Å². The van der Waals surface area contributed by atoms with E-state index in [1.165, 1.54) is 4.90 Å². The first kappa shape index (κ1) is 31.0. The normalized spacial score (nSPS) is 11.4. The second kappa shape index (κ2) is 15.3. The Morgan fingerprint density at radius 3 is 2.07 bits per heavy atom. The maximum Gasteiger partial charge on any atom is 0.305 e. The van der Waals surface area contributed by atoms with E-state index in [4.69, 9.17) is 4.74 Å². The Hall–Kier alpha value is -4.95. The number of nitrogens with zero attached hydrogens (tertiary/aromatic N) is 1. The molecule has 0 radical (unpaired) electrons. The van der Waals surface area contributed by atoms with Gasteiger partial charge in [0.15, 0.2) is 0 Å². The molecule has 0 aliphatic carbocycles. The molecule has 0 bridgehead atoms. The minimum absolute atomic E-state index is 0.0245. The third-order valence-electron chi connectivity index (χ3n) is 7.12. The highest BCUT2D eigenvalue weighted by molar-refractivity contribution is 6.06. The molecule has 0 saturated heterocycles. The lowest BCUT2D eigenvalue weighted by Gasteiger charge is -2.24. The number of ether oxygens (including phenoxy) is 1. The summed E-state index contributed by atoms with van der Waals surface area (Å²) in [6.07, 6.45) is 0.271. The lowest BCUT2D eigenvalue weighted by molar-refractivity contribution is -0.137. The molecular weight excluding hydrogens is 544 g/mol. The van der Waals surface area contributed by atoms with Gasteiger partial charge >= 0.3 is 5.97 Å². The molecule has 0 saturated carbocycles. The van der Waals surface area contributed by atoms with E-state index in [0.29, 0.717) is 35.3 Å². The van der Waals surface area contributed by atoms with Crippen molar-refractivity contribution in [3.8, 4) is 16.9 Å². The molecule has 222 valence electrons. The number of aliphatic carboxylic acids is 1. The van der Waals surface area contributed by atoms with Crippen LogP contribution in [0.2, 0.25) is 0 Å². The minimum atomic E-state index is -1.00. The van der Waals surface area contributed by atoms with E-state index in [9.17, 15) is 24.6 Å². The zero-order valence-electron chi connectivity index (χ0n) is 24.1. The van der Waals surface area contributed by atoms with Gasteiger partial charge in [-0.2, -0.15) is 0 Å². The van der Waals surface area contributed by atoms with E-state index in [2.05, 4.69) is 5.32 Å². The zero-order chi connectivity index (χ0) is 30.6. The number of carboxylic acid groups (broad SMARTS) is 1. The van der Waals surface area contributed by atoms with Crippen molar-refractivity contribution in [1.82, 2.24) is 10.2 Å². The highest BCUT2D eigenvalue weighted by Crippen LogP contribution is 2.29. The van der Waals surface area contributed by atoms with Crippen LogP contribution in [0.15, 0.2) is 103 Å². The van der Waals surface area contributed by atoms with Gasteiger partial charge in [-0.25, -0.2) is 0 Å². The van der Waals surface area contributed by atoms with Crippen molar-refractivity contribution >= 4 is 17.8 Å². The number of rotatable bonds is 14. The van der Waals surface area contributed by atoms with Crippen LogP contribution in [0.3, 0.4) is 0 Å². The van der Waals surface area contributed by atoms with Crippen molar-refractivity contribution in [2.24, 2.45) is 0 Å². The zero-order valence-corrected chi connectivity index (χ0v) is 24.1. The number of nitrogens with one attached hydrogen (secondary N) is 1. The minimum Gasteiger partial charge on any atom is -0.494 e. The molecule has 2 amide bonds. The molecular formula is C35H36N2O6. The van der Waals surface area contributed by atoms with Gasteiger partial charge in [0.25, 0.3) is 11.8 Å². The van der Waals surface area contributed by atoms with Crippen LogP contribution in [-0.2, 0) is 11.2 Å². The monoisotopic (exact) mass is 580 g/mol. The number of carbonyl (C=O) groups is 3. The first-order chi connectivity index (χ1) is 20.9. The maximum absolute atomic E-state index is 14.0. The second-order valence-corrected chi connectivity index (χ2v) is 9.94. The molecule has 0 aromatic heterocycles. The third-order valence-corrected chi connectivity index (χ3v) is 7.12. The van der Waals surface area contributed by atoms with Crippen molar-refractivity contribution in [3.63, 3.8) is 0 Å². The number of aliphatic hydroxyl groups is 1. The van der Waals surface area contributed by atoms with Gasteiger partial charge in [0.05, 0.1) is 25.7 Å². The summed E-state index contributed by atoms with van der Waals surface area (Å²) in [5, 5.41) is 22.3. The van der Waals surface area contributed by atoms with Gasteiger partial charge in [-0.05, 0) is 53.8 Å². The largest absolute Gasteiger partial charge is 0.494 e. The molecule has 0 aliphatic heterocycles. The molecule has 0 fully saturated rings. The summed E-state index contributed by atoms with van der Waals surface area (Å²) in [6, 6.07) is 30.2. The second-order valence-electron chi connectivity index (χ2n) is 9.94. The average molecular weight is 581 g/mol. The lowest BCUT2D eigenvalue weighted by atomic mass is 9.94. The van der Waals surface area contributed by atoms with Gasteiger partial charge in [0.1, 0.15) is 5.75 Å². The summed E-state index contributed by atoms with van der Waals surface area (Å²) >= 11 is 0. The van der Waals surface area contributed by atoms with E-state index < -0.39 is 17.9 Å². The Bertz CT molecular complexity index is 1540. The van der Waals surface area contributed by atoms with Crippen LogP contribution in [0.5, 0.6) is 5.75 Å². The van der Waals surface area contributed by atoms with Crippen molar-refractivity contribution in [2.75, 3.05) is 26.3 Å². The Kier molecular flexibility index (Phi) is 11.0. The van der Waals surface area contributed by atoms with E-state index in [-0.39, 0.29) is 32.0 Å². The summed E-state index contributed by atoms with van der Waals surface area (Å²) in [4.78, 5) is 40.6. The van der Waals surface area contributed by atoms with Gasteiger partial charge in [-0.3, -0.25) is 14.4 Å². The number of benzene rings is 4. The number of hydrogen-bond acceptors (Lipinski definition) is 5. The predicted molar refractivity (Wildman–Crippen MR) is 165 cm³/mol. The van der Waals surface area contributed by atoms with Crippen LogP contribution in [0.1, 0.15) is 51.2 Å². The summed E-state index contributed by atoms with van der Waals surface area (Å²) in [7, 11) is 0. The maximum atomic E-state index is 14.0. The fraction of sp³-hybridized carbons (Fsp3) is 0.229. The van der Waals surface area contributed by atoms with Crippen LogP contribution in [0, 0.1) is 0 Å². The Labute approximate surface area is 251 Å². The molecule has 3 N–H and O–H groups in total. The molecule has 4 aromatic carbocycles. The summed E-state index contributed by atoms with van der Waals surface area (Å²) in [6.45, 7) is 2.43. The van der Waals surface area contributed by atoms with E-state index in [0.717, 1.165) is 16.9 Å². The Balaban J connectivity index is 1.64. The Morgan fingerprint density at radius 1 is 0.791 bits per heavy atom. The first-order valence-corrected chi connectivity index (χ1v) is 14.3. The lowest BCUT2D eigenvalue weighted by Crippen LogP contribution is -2.35. The van der Waals surface area contributed by atoms with Crippen molar-refractivity contribution in [2.45, 2.75) is 25.8 Å². The molecule has 0 aliphatic rings. The van der Waals surface area contributed by atoms with Crippen LogP contribution < -0.4 is 10.1 Å². The average Bonchev–Trinajstić information content (AvgIpc) is 3.04. The number of para-hydroxylation sites is 1. The standard InChI is InChI=1S/C35H36N2O6/c1-2-43-32-19-11-6-14-26(32)20-22-37(23-21-33(39)40)35(42)30-18-10-8-16-28(30)27-15-7-9-17-29(27)34(41)36-31(24-38)25-12-4-3-5-13-25/h3-19,31,38H,2,20-24H2,1H3,(H,36,41)(H,39,40)/t31-/m1/s1. The molecule has 0 heterocycles. The van der Waals surface area contributed by atoms with E-state index in [1.54, 1.807) is 48.5 Å². The van der Waals surface area contributed by atoms with Crippen LogP contribution in [0.25, 0.3) is 11.1 Å². The summed E-state index contributed by atoms with van der Waals surface area (Å²) in [5.74, 6) is -0.998. The molecule has 1 atom stereocenters. The van der Waals surface area contributed by atoms with Gasteiger partial charge in [0.2, 0.25) is 0 Å². The molecule has 0 unspecified atom stereocenters. The third kappa shape index (κ3) is 8.08. The molecule has 8 nitrogen and oxygen atoms in total. The molecule has 0 spiro atoms. The predicted octanol–water partition coefficient (Wildman–Crippen LogP) is 5.38. The molecule has 8 heteroatoms. The number of carbonyl (C=O) groups excluding carboxylic acids is 2. The topological polar surface area (TPSA) is 116 Å². The SMILES string of the molecule is CCOc1ccccc1CCN(CCC(=O)O)C(=O)c1ccccc1-c1ccccc1C(=O)N[C@H](CO)c1ccccc1. The highest BCUT2D eigenvalue weighted by Gasteiger charge is 2.24. The summed E-state index contributed by atoms with van der Waals surface area (Å²) < 4.78 is 5.74.